The molecule has 218 valence electrons. The van der Waals surface area contributed by atoms with Gasteiger partial charge >= 0.3 is 12.3 Å². The molecule has 0 saturated heterocycles. The van der Waals surface area contributed by atoms with Gasteiger partial charge in [0, 0.05) is 35.0 Å². The molecule has 0 radical (unpaired) electrons. The SMILES string of the molecule is C/C(=N\OCc1cncc(C(=O)O)c1)c1ccc(OCc2c(-c3ccccc3OC(F)(F)F)noc2C2CC2)c(F)c1. The molecule has 1 aliphatic rings. The Labute approximate surface area is 236 Å². The van der Waals surface area contributed by atoms with Crippen LogP contribution in [0, 0.1) is 5.82 Å². The first-order valence-corrected chi connectivity index (χ1v) is 12.7. The second-order valence-corrected chi connectivity index (χ2v) is 9.46. The standard InChI is InChI=1S/C29H23F4N3O6/c1-16(35-40-14-17-10-20(28(37)38)13-34-12-17)19-8-9-25(23(30)11-19)39-15-22-26(36-42-27(22)18-6-7-18)21-4-2-3-5-24(21)41-29(31,32)33/h2-5,8-13,18H,6-7,14-15H2,1H3,(H,37,38)/b35-16+. The number of ether oxygens (including phenoxy) is 2. The number of oxime groups is 1. The molecule has 4 aromatic rings. The highest BCUT2D eigenvalue weighted by Crippen LogP contribution is 2.45. The minimum atomic E-state index is -4.91. The maximum Gasteiger partial charge on any atom is 0.573 e. The fourth-order valence-electron chi connectivity index (χ4n) is 4.15. The van der Waals surface area contributed by atoms with E-state index in [1.807, 2.05) is 0 Å². The Morgan fingerprint density at radius 2 is 1.86 bits per heavy atom. The van der Waals surface area contributed by atoms with Gasteiger partial charge in [0.25, 0.3) is 0 Å². The monoisotopic (exact) mass is 585 g/mol. The van der Waals surface area contributed by atoms with Crippen molar-refractivity contribution in [2.45, 2.75) is 45.3 Å². The second-order valence-electron chi connectivity index (χ2n) is 9.46. The number of hydrogen-bond acceptors (Lipinski definition) is 8. The van der Waals surface area contributed by atoms with Crippen molar-refractivity contribution in [2.75, 3.05) is 0 Å². The number of aromatic nitrogens is 2. The number of pyridine rings is 1. The van der Waals surface area contributed by atoms with Crippen LogP contribution in [0.25, 0.3) is 11.3 Å². The van der Waals surface area contributed by atoms with Gasteiger partial charge in [-0.25, -0.2) is 9.18 Å². The van der Waals surface area contributed by atoms with Crippen LogP contribution in [-0.4, -0.2) is 33.3 Å². The largest absolute Gasteiger partial charge is 0.573 e. The maximum atomic E-state index is 15.0. The van der Waals surface area contributed by atoms with E-state index in [-0.39, 0.29) is 41.7 Å². The number of para-hydroxylation sites is 1. The van der Waals surface area contributed by atoms with Crippen molar-refractivity contribution in [3.8, 4) is 22.8 Å². The summed E-state index contributed by atoms with van der Waals surface area (Å²) in [4.78, 5) is 20.2. The summed E-state index contributed by atoms with van der Waals surface area (Å²) in [6.07, 6.45) is -0.595. The molecule has 13 heteroatoms. The fourth-order valence-corrected chi connectivity index (χ4v) is 4.15. The van der Waals surface area contributed by atoms with Crippen LogP contribution in [0.1, 0.15) is 58.5 Å². The van der Waals surface area contributed by atoms with Crippen molar-refractivity contribution in [1.29, 1.82) is 0 Å². The number of carbonyl (C=O) groups is 1. The second kappa shape index (κ2) is 11.9. The number of nitrogens with zero attached hydrogens (tertiary/aromatic N) is 3. The van der Waals surface area contributed by atoms with Crippen LogP contribution in [0.4, 0.5) is 17.6 Å². The minimum Gasteiger partial charge on any atom is -0.486 e. The summed E-state index contributed by atoms with van der Waals surface area (Å²) in [7, 11) is 0. The molecule has 1 saturated carbocycles. The van der Waals surface area contributed by atoms with Gasteiger partial charge in [0.05, 0.1) is 16.8 Å². The number of alkyl halides is 3. The quantitative estimate of drug-likeness (QED) is 0.115. The number of hydrogen-bond donors (Lipinski definition) is 1. The van der Waals surface area contributed by atoms with E-state index >= 15 is 4.39 Å². The van der Waals surface area contributed by atoms with Gasteiger partial charge in [0.2, 0.25) is 0 Å². The molecule has 42 heavy (non-hydrogen) atoms. The third kappa shape index (κ3) is 6.85. The summed E-state index contributed by atoms with van der Waals surface area (Å²) in [5.74, 6) is -1.83. The molecule has 0 atom stereocenters. The third-order valence-corrected chi connectivity index (χ3v) is 6.33. The first-order chi connectivity index (χ1) is 20.1. The van der Waals surface area contributed by atoms with E-state index < -0.39 is 23.9 Å². The van der Waals surface area contributed by atoms with Crippen molar-refractivity contribution >= 4 is 11.7 Å². The molecular formula is C29H23F4N3O6. The number of benzene rings is 2. The van der Waals surface area contributed by atoms with E-state index in [2.05, 4.69) is 20.0 Å². The lowest BCUT2D eigenvalue weighted by molar-refractivity contribution is -0.274. The zero-order valence-corrected chi connectivity index (χ0v) is 22.0. The normalized spacial score (nSPS) is 13.6. The van der Waals surface area contributed by atoms with Gasteiger partial charge in [-0.1, -0.05) is 22.4 Å². The zero-order valence-electron chi connectivity index (χ0n) is 22.0. The summed E-state index contributed by atoms with van der Waals surface area (Å²) in [6.45, 7) is 1.35. The van der Waals surface area contributed by atoms with E-state index in [0.29, 0.717) is 28.2 Å². The molecule has 0 spiro atoms. The van der Waals surface area contributed by atoms with Crippen molar-refractivity contribution in [3.63, 3.8) is 0 Å². The van der Waals surface area contributed by atoms with Gasteiger partial charge < -0.3 is 23.9 Å². The van der Waals surface area contributed by atoms with Gasteiger partial charge in [-0.3, -0.25) is 4.98 Å². The summed E-state index contributed by atoms with van der Waals surface area (Å²) >= 11 is 0. The molecule has 0 amide bonds. The topological polar surface area (TPSA) is 116 Å². The molecule has 0 aliphatic heterocycles. The first-order valence-electron chi connectivity index (χ1n) is 12.7. The first kappa shape index (κ1) is 28.6. The van der Waals surface area contributed by atoms with Crippen LogP contribution >= 0.6 is 0 Å². The Kier molecular flexibility index (Phi) is 8.09. The van der Waals surface area contributed by atoms with Crippen molar-refractivity contribution in [1.82, 2.24) is 10.1 Å². The molecule has 2 aromatic carbocycles. The van der Waals surface area contributed by atoms with E-state index in [0.717, 1.165) is 12.8 Å². The highest BCUT2D eigenvalue weighted by atomic mass is 19.4. The highest BCUT2D eigenvalue weighted by molar-refractivity contribution is 5.98. The number of rotatable bonds is 11. The van der Waals surface area contributed by atoms with Crippen LogP contribution in [0.3, 0.4) is 0 Å². The number of carboxylic acid groups (broad SMARTS) is 1. The Bertz CT molecular complexity index is 1630. The molecule has 0 bridgehead atoms. The predicted octanol–water partition coefficient (Wildman–Crippen LogP) is 6.87. The number of aromatic carboxylic acids is 1. The Balaban J connectivity index is 1.30. The van der Waals surface area contributed by atoms with Crippen LogP contribution < -0.4 is 9.47 Å². The van der Waals surface area contributed by atoms with Gasteiger partial charge in [-0.2, -0.15) is 0 Å². The average molecular weight is 586 g/mol. The predicted molar refractivity (Wildman–Crippen MR) is 140 cm³/mol. The average Bonchev–Trinajstić information content (AvgIpc) is 3.71. The molecule has 9 nitrogen and oxygen atoms in total. The van der Waals surface area contributed by atoms with Crippen LogP contribution in [-0.2, 0) is 18.1 Å². The zero-order chi connectivity index (χ0) is 29.9. The van der Waals surface area contributed by atoms with E-state index in [1.54, 1.807) is 19.1 Å². The molecule has 5 rings (SSSR count). The highest BCUT2D eigenvalue weighted by Gasteiger charge is 2.36. The van der Waals surface area contributed by atoms with Crippen LogP contribution in [0.2, 0.25) is 0 Å². The number of carboxylic acids is 1. The molecule has 1 aliphatic carbocycles. The Hall–Kier alpha value is -4.94. The third-order valence-electron chi connectivity index (χ3n) is 6.33. The van der Waals surface area contributed by atoms with Gasteiger partial charge in [-0.15, -0.1) is 13.2 Å². The molecule has 1 N–H and O–H groups in total. The van der Waals surface area contributed by atoms with Crippen molar-refractivity contribution in [3.05, 3.63) is 94.8 Å². The molecule has 0 unspecified atom stereocenters. The van der Waals surface area contributed by atoms with Gasteiger partial charge in [0.15, 0.2) is 11.6 Å². The molecule has 1 fully saturated rings. The summed E-state index contributed by atoms with van der Waals surface area (Å²) in [5.41, 5.74) is 1.85. The van der Waals surface area contributed by atoms with Crippen molar-refractivity contribution in [2.24, 2.45) is 5.16 Å². The van der Waals surface area contributed by atoms with E-state index in [9.17, 15) is 18.0 Å². The minimum absolute atomic E-state index is 0.0101. The van der Waals surface area contributed by atoms with E-state index in [1.165, 1.54) is 48.8 Å². The van der Waals surface area contributed by atoms with Crippen LogP contribution in [0.15, 0.2) is 70.6 Å². The van der Waals surface area contributed by atoms with Crippen LogP contribution in [0.5, 0.6) is 11.5 Å². The van der Waals surface area contributed by atoms with E-state index in [4.69, 9.17) is 19.2 Å². The molecular weight excluding hydrogens is 562 g/mol. The lowest BCUT2D eigenvalue weighted by Gasteiger charge is -2.13. The summed E-state index contributed by atoms with van der Waals surface area (Å²) < 4.78 is 69.4. The van der Waals surface area contributed by atoms with Gasteiger partial charge in [-0.05, 0) is 56.2 Å². The Morgan fingerprint density at radius 1 is 1.07 bits per heavy atom. The summed E-state index contributed by atoms with van der Waals surface area (Å²) in [5, 5.41) is 17.0. The van der Waals surface area contributed by atoms with Gasteiger partial charge in [0.1, 0.15) is 30.4 Å². The molecule has 2 aromatic heterocycles. The smallest absolute Gasteiger partial charge is 0.486 e. The Morgan fingerprint density at radius 3 is 2.57 bits per heavy atom. The summed E-state index contributed by atoms with van der Waals surface area (Å²) in [6, 6.07) is 11.1. The fraction of sp³-hybridized carbons (Fsp3) is 0.241. The van der Waals surface area contributed by atoms with Crippen molar-refractivity contribution < 1.29 is 46.3 Å². The maximum absolute atomic E-state index is 15.0. The molecule has 2 heterocycles. The lowest BCUT2D eigenvalue weighted by atomic mass is 10.0. The lowest BCUT2D eigenvalue weighted by Crippen LogP contribution is -2.17. The number of halogens is 4.